The summed E-state index contributed by atoms with van der Waals surface area (Å²) in [6.07, 6.45) is 3.20. The third kappa shape index (κ3) is 10.1. The van der Waals surface area contributed by atoms with Gasteiger partial charge in [-0.1, -0.05) is 19.8 Å². The molecule has 0 bridgehead atoms. The van der Waals surface area contributed by atoms with E-state index in [0.717, 1.165) is 25.0 Å². The van der Waals surface area contributed by atoms with Gasteiger partial charge in [-0.05, 0) is 17.9 Å². The number of unbranched alkanes of at least 4 members (excludes halogenated alkanes) is 2. The Hall–Kier alpha value is 1.58. The van der Waals surface area contributed by atoms with Crippen molar-refractivity contribution in [2.45, 2.75) is 26.2 Å². The van der Waals surface area contributed by atoms with Crippen LogP contribution in [0.3, 0.4) is 0 Å². The molecule has 0 saturated carbocycles. The molecule has 0 aromatic heterocycles. The number of hydrogen-bond donors (Lipinski definition) is 0. The van der Waals surface area contributed by atoms with Gasteiger partial charge in [-0.25, -0.2) is 0 Å². The number of hydrogen-bond acceptors (Lipinski definition) is 1. The Bertz CT molecular complexity index is 161. The standard InChI is InChI=1S/C8H15BF3S.K/c1-3-4-5-6-13-7-8(2)9(10,11)12;/h2-7H2,1H3;/q-1;+1. The van der Waals surface area contributed by atoms with E-state index in [4.69, 9.17) is 0 Å². The molecule has 14 heavy (non-hydrogen) atoms. The van der Waals surface area contributed by atoms with Crippen LogP contribution in [0, 0.1) is 0 Å². The molecule has 0 aliphatic rings. The Kier molecular flexibility index (Phi) is 12.5. The van der Waals surface area contributed by atoms with Gasteiger partial charge >= 0.3 is 58.4 Å². The van der Waals surface area contributed by atoms with Gasteiger partial charge in [-0.15, -0.1) is 12.1 Å². The van der Waals surface area contributed by atoms with Crippen molar-refractivity contribution >= 4 is 18.7 Å². The summed E-state index contributed by atoms with van der Waals surface area (Å²) >= 11 is 1.32. The maximum atomic E-state index is 12.0. The van der Waals surface area contributed by atoms with Gasteiger partial charge in [0.1, 0.15) is 0 Å². The third-order valence-corrected chi connectivity index (χ3v) is 2.79. The number of thioether (sulfide) groups is 1. The van der Waals surface area contributed by atoms with E-state index in [1.54, 1.807) is 0 Å². The average molecular weight is 250 g/mol. The van der Waals surface area contributed by atoms with Gasteiger partial charge < -0.3 is 12.9 Å². The minimum atomic E-state index is -4.81. The maximum absolute atomic E-state index is 12.0. The van der Waals surface area contributed by atoms with E-state index >= 15 is 0 Å². The van der Waals surface area contributed by atoms with Crippen molar-refractivity contribution in [3.63, 3.8) is 0 Å². The Morgan fingerprint density at radius 1 is 1.29 bits per heavy atom. The van der Waals surface area contributed by atoms with E-state index in [0.29, 0.717) is 0 Å². The first-order valence-electron chi connectivity index (χ1n) is 4.43. The molecule has 0 aromatic carbocycles. The summed E-state index contributed by atoms with van der Waals surface area (Å²) in [4.78, 5) is 0. The molecule has 0 saturated heterocycles. The SMILES string of the molecule is C=C(CSCCCCC)[B-](F)(F)F.[K+]. The Morgan fingerprint density at radius 3 is 2.29 bits per heavy atom. The maximum Gasteiger partial charge on any atom is 1.00 e. The van der Waals surface area contributed by atoms with Crippen molar-refractivity contribution < 1.29 is 64.3 Å². The molecule has 0 spiro atoms. The molecular weight excluding hydrogens is 235 g/mol. The van der Waals surface area contributed by atoms with E-state index in [-0.39, 0.29) is 57.1 Å². The van der Waals surface area contributed by atoms with Crippen LogP contribution in [0.15, 0.2) is 12.1 Å². The van der Waals surface area contributed by atoms with Gasteiger partial charge in [0.05, 0.1) is 0 Å². The zero-order chi connectivity index (χ0) is 10.3. The number of halogens is 3. The van der Waals surface area contributed by atoms with Gasteiger partial charge in [0.25, 0.3) is 0 Å². The first-order valence-corrected chi connectivity index (χ1v) is 5.59. The van der Waals surface area contributed by atoms with Gasteiger partial charge in [-0.2, -0.15) is 11.8 Å². The largest absolute Gasteiger partial charge is 1.00 e. The predicted octanol–water partition coefficient (Wildman–Crippen LogP) is 0.857. The van der Waals surface area contributed by atoms with Gasteiger partial charge in [0.15, 0.2) is 0 Å². The van der Waals surface area contributed by atoms with Crippen LogP contribution in [0.25, 0.3) is 0 Å². The number of rotatable bonds is 7. The summed E-state index contributed by atoms with van der Waals surface area (Å²) in [5.41, 5.74) is -0.568. The second kappa shape index (κ2) is 9.78. The van der Waals surface area contributed by atoms with Gasteiger partial charge in [0, 0.05) is 0 Å². The fourth-order valence-electron chi connectivity index (χ4n) is 0.752. The van der Waals surface area contributed by atoms with Crippen molar-refractivity contribution in [3.05, 3.63) is 12.1 Å². The molecule has 0 amide bonds. The fraction of sp³-hybridized carbons (Fsp3) is 0.750. The Morgan fingerprint density at radius 2 is 1.86 bits per heavy atom. The summed E-state index contributed by atoms with van der Waals surface area (Å²) in [5.74, 6) is 0.840. The molecule has 0 atom stereocenters. The molecule has 0 heterocycles. The topological polar surface area (TPSA) is 0 Å². The van der Waals surface area contributed by atoms with Crippen molar-refractivity contribution in [3.8, 4) is 0 Å². The summed E-state index contributed by atoms with van der Waals surface area (Å²) in [6, 6.07) is 0. The summed E-state index contributed by atoms with van der Waals surface area (Å²) in [7, 11) is 0. The first kappa shape index (κ1) is 18.0. The third-order valence-electron chi connectivity index (χ3n) is 1.64. The van der Waals surface area contributed by atoms with E-state index in [1.165, 1.54) is 11.8 Å². The van der Waals surface area contributed by atoms with E-state index in [2.05, 4.69) is 13.5 Å². The molecule has 0 nitrogen and oxygen atoms in total. The van der Waals surface area contributed by atoms with Crippen LogP contribution in [0.1, 0.15) is 26.2 Å². The van der Waals surface area contributed by atoms with Crippen LogP contribution in [-0.2, 0) is 0 Å². The van der Waals surface area contributed by atoms with Crippen molar-refractivity contribution in [2.75, 3.05) is 11.5 Å². The van der Waals surface area contributed by atoms with Crippen molar-refractivity contribution in [1.82, 2.24) is 0 Å². The summed E-state index contributed by atoms with van der Waals surface area (Å²) < 4.78 is 35.9. The monoisotopic (exact) mass is 250 g/mol. The van der Waals surface area contributed by atoms with Crippen LogP contribution >= 0.6 is 11.8 Å². The zero-order valence-corrected chi connectivity index (χ0v) is 12.8. The predicted molar refractivity (Wildman–Crippen MR) is 55.1 cm³/mol. The van der Waals surface area contributed by atoms with Crippen molar-refractivity contribution in [2.24, 2.45) is 0 Å². The van der Waals surface area contributed by atoms with E-state index in [1.807, 2.05) is 0 Å². The fourth-order valence-corrected chi connectivity index (χ4v) is 1.76. The molecule has 0 aromatic rings. The molecule has 0 aliphatic carbocycles. The smallest absolute Gasteiger partial charge is 0.445 e. The van der Waals surface area contributed by atoms with Crippen LogP contribution in [-0.4, -0.2) is 18.5 Å². The minimum Gasteiger partial charge on any atom is -0.445 e. The molecule has 0 rings (SSSR count). The van der Waals surface area contributed by atoms with Gasteiger partial charge in [-0.3, -0.25) is 0 Å². The minimum absolute atomic E-state index is 0. The Balaban J connectivity index is 0. The van der Waals surface area contributed by atoms with Crippen LogP contribution < -0.4 is 51.4 Å². The van der Waals surface area contributed by atoms with Gasteiger partial charge in [0.2, 0.25) is 0 Å². The molecule has 78 valence electrons. The molecule has 6 heteroatoms. The second-order valence-corrected chi connectivity index (χ2v) is 4.10. The molecule has 0 N–H and O–H groups in total. The van der Waals surface area contributed by atoms with E-state index < -0.39 is 12.4 Å². The molecule has 0 fully saturated rings. The van der Waals surface area contributed by atoms with Crippen LogP contribution in [0.4, 0.5) is 12.9 Å². The average Bonchev–Trinajstić information content (AvgIpc) is 2.02. The molecule has 0 unspecified atom stereocenters. The second-order valence-electron chi connectivity index (χ2n) is 2.99. The normalized spacial score (nSPS) is 10.9. The van der Waals surface area contributed by atoms with Crippen LogP contribution in [0.5, 0.6) is 0 Å². The van der Waals surface area contributed by atoms with Crippen LogP contribution in [0.2, 0.25) is 0 Å². The molecule has 0 aliphatic heterocycles. The zero-order valence-electron chi connectivity index (χ0n) is 8.86. The summed E-state index contributed by atoms with van der Waals surface area (Å²) in [6.45, 7) is 0.287. The summed E-state index contributed by atoms with van der Waals surface area (Å²) in [5, 5.41) is 0. The van der Waals surface area contributed by atoms with E-state index in [9.17, 15) is 12.9 Å². The molecule has 0 radical (unpaired) electrons. The Labute approximate surface area is 131 Å². The first-order chi connectivity index (χ1) is 5.98. The molecular formula is C8H15BF3KS. The quantitative estimate of drug-likeness (QED) is 0.477. The van der Waals surface area contributed by atoms with Crippen molar-refractivity contribution in [1.29, 1.82) is 0 Å².